The minimum absolute atomic E-state index is 0.203. The van der Waals surface area contributed by atoms with Crippen LogP contribution in [0.15, 0.2) is 0 Å². The van der Waals surface area contributed by atoms with Gasteiger partial charge in [-0.3, -0.25) is 4.79 Å². The van der Waals surface area contributed by atoms with E-state index in [0.29, 0.717) is 12.3 Å². The first-order valence-corrected chi connectivity index (χ1v) is 5.45. The summed E-state index contributed by atoms with van der Waals surface area (Å²) >= 11 is 0. The van der Waals surface area contributed by atoms with Crippen molar-refractivity contribution in [3.63, 3.8) is 0 Å². The third-order valence-corrected chi connectivity index (χ3v) is 2.63. The van der Waals surface area contributed by atoms with Crippen molar-refractivity contribution in [3.05, 3.63) is 0 Å². The Balaban J connectivity index is 4.38. The van der Waals surface area contributed by atoms with E-state index in [-0.39, 0.29) is 12.0 Å². The summed E-state index contributed by atoms with van der Waals surface area (Å²) in [4.78, 5) is 11.0. The number of hydrogen-bond acceptors (Lipinski definition) is 2. The lowest BCUT2D eigenvalue weighted by atomic mass is 9.76. The van der Waals surface area contributed by atoms with Gasteiger partial charge in [0.1, 0.15) is 0 Å². The first-order chi connectivity index (χ1) is 6.60. The van der Waals surface area contributed by atoms with Crippen LogP contribution in [-0.2, 0) is 4.79 Å². The summed E-state index contributed by atoms with van der Waals surface area (Å²) in [5.74, 6) is -0.607. The Kier molecular flexibility index (Phi) is 4.78. The molecule has 2 N–H and O–H groups in total. The molecule has 0 aliphatic rings. The molecule has 3 heteroatoms. The summed E-state index contributed by atoms with van der Waals surface area (Å²) in [5, 5.41) is 18.1. The average molecular weight is 216 g/mol. The zero-order valence-corrected chi connectivity index (χ0v) is 10.5. The van der Waals surface area contributed by atoms with Crippen LogP contribution in [0.1, 0.15) is 47.5 Å². The molecule has 0 fully saturated rings. The van der Waals surface area contributed by atoms with E-state index in [1.807, 2.05) is 6.92 Å². The van der Waals surface area contributed by atoms with Gasteiger partial charge in [0, 0.05) is 0 Å². The number of aliphatic hydroxyl groups is 1. The number of hydrogen-bond donors (Lipinski definition) is 2. The zero-order chi connectivity index (χ0) is 12.3. The van der Waals surface area contributed by atoms with Crippen molar-refractivity contribution in [2.75, 3.05) is 6.61 Å². The van der Waals surface area contributed by atoms with Crippen LogP contribution in [0.2, 0.25) is 0 Å². The molecule has 0 aliphatic carbocycles. The highest BCUT2D eigenvalue weighted by atomic mass is 16.4. The second-order valence-corrected chi connectivity index (χ2v) is 6.10. The molecular weight excluding hydrogens is 192 g/mol. The molecule has 0 saturated heterocycles. The monoisotopic (exact) mass is 216 g/mol. The van der Waals surface area contributed by atoms with Crippen LogP contribution in [0.25, 0.3) is 0 Å². The lowest BCUT2D eigenvalue weighted by molar-refractivity contribution is -0.151. The number of aliphatic hydroxyl groups excluding tert-OH is 1. The molecule has 0 saturated carbocycles. The molecule has 0 bridgehead atoms. The Hall–Kier alpha value is -0.570. The molecule has 0 spiro atoms. The Labute approximate surface area is 92.5 Å². The predicted molar refractivity (Wildman–Crippen MR) is 60.7 cm³/mol. The van der Waals surface area contributed by atoms with E-state index < -0.39 is 11.4 Å². The van der Waals surface area contributed by atoms with Crippen LogP contribution in [-0.4, -0.2) is 22.8 Å². The van der Waals surface area contributed by atoms with Crippen molar-refractivity contribution < 1.29 is 15.0 Å². The third-order valence-electron chi connectivity index (χ3n) is 2.63. The molecule has 0 rings (SSSR count). The summed E-state index contributed by atoms with van der Waals surface area (Å²) in [6.45, 7) is 9.77. The minimum atomic E-state index is -0.995. The smallest absolute Gasteiger partial charge is 0.311 e. The van der Waals surface area contributed by atoms with E-state index in [4.69, 9.17) is 10.2 Å². The minimum Gasteiger partial charge on any atom is -0.481 e. The van der Waals surface area contributed by atoms with Crippen LogP contribution >= 0.6 is 0 Å². The zero-order valence-electron chi connectivity index (χ0n) is 10.5. The van der Waals surface area contributed by atoms with E-state index >= 15 is 0 Å². The van der Waals surface area contributed by atoms with Crippen molar-refractivity contribution in [3.8, 4) is 0 Å². The quantitative estimate of drug-likeness (QED) is 0.742. The van der Waals surface area contributed by atoms with E-state index in [1.54, 1.807) is 6.92 Å². The number of carbonyl (C=O) groups is 1. The highest BCUT2D eigenvalue weighted by Crippen LogP contribution is 2.33. The Morgan fingerprint density at radius 1 is 1.20 bits per heavy atom. The fourth-order valence-corrected chi connectivity index (χ4v) is 2.11. The highest BCUT2D eigenvalue weighted by Gasteiger charge is 2.34. The van der Waals surface area contributed by atoms with Crippen LogP contribution in [0.5, 0.6) is 0 Å². The fraction of sp³-hybridized carbons (Fsp3) is 0.917. The first kappa shape index (κ1) is 14.4. The second kappa shape index (κ2) is 4.97. The molecular formula is C12H24O3. The normalized spacial score (nSPS) is 18.3. The van der Waals surface area contributed by atoms with E-state index in [1.165, 1.54) is 0 Å². The first-order valence-electron chi connectivity index (χ1n) is 5.45. The SMILES string of the molecule is CC(CC(C)(C)C)CC(C)(CO)C(=O)O. The summed E-state index contributed by atoms with van der Waals surface area (Å²) in [6, 6.07) is 0. The van der Waals surface area contributed by atoms with Gasteiger partial charge in [-0.2, -0.15) is 0 Å². The summed E-state index contributed by atoms with van der Waals surface area (Å²) in [5.41, 5.74) is -0.793. The van der Waals surface area contributed by atoms with Gasteiger partial charge in [-0.1, -0.05) is 27.7 Å². The molecule has 2 unspecified atom stereocenters. The molecule has 0 heterocycles. The van der Waals surface area contributed by atoms with E-state index in [2.05, 4.69) is 20.8 Å². The standard InChI is InChI=1S/C12H24O3/c1-9(6-11(2,3)4)7-12(5,8-13)10(14)15/h9,13H,6-8H2,1-5H3,(H,14,15). The molecule has 15 heavy (non-hydrogen) atoms. The van der Waals surface area contributed by atoms with Crippen LogP contribution < -0.4 is 0 Å². The predicted octanol–water partition coefficient (Wildman–Crippen LogP) is 2.53. The Morgan fingerprint density at radius 2 is 1.67 bits per heavy atom. The second-order valence-electron chi connectivity index (χ2n) is 6.10. The summed E-state index contributed by atoms with van der Waals surface area (Å²) in [7, 11) is 0. The summed E-state index contributed by atoms with van der Waals surface area (Å²) in [6.07, 6.45) is 1.49. The molecule has 3 nitrogen and oxygen atoms in total. The van der Waals surface area contributed by atoms with Gasteiger partial charge in [0.15, 0.2) is 0 Å². The van der Waals surface area contributed by atoms with Gasteiger partial charge >= 0.3 is 5.97 Å². The Bertz CT molecular complexity index is 217. The number of rotatable bonds is 5. The number of aliphatic carboxylic acids is 1. The lowest BCUT2D eigenvalue weighted by Crippen LogP contribution is -2.34. The lowest BCUT2D eigenvalue weighted by Gasteiger charge is -2.29. The topological polar surface area (TPSA) is 57.5 Å². The fourth-order valence-electron chi connectivity index (χ4n) is 2.11. The van der Waals surface area contributed by atoms with Crippen molar-refractivity contribution >= 4 is 5.97 Å². The molecule has 0 aromatic heterocycles. The van der Waals surface area contributed by atoms with E-state index in [9.17, 15) is 4.79 Å². The highest BCUT2D eigenvalue weighted by molar-refractivity contribution is 5.74. The van der Waals surface area contributed by atoms with Gasteiger partial charge in [-0.25, -0.2) is 0 Å². The largest absolute Gasteiger partial charge is 0.481 e. The molecule has 0 aromatic rings. The van der Waals surface area contributed by atoms with Gasteiger partial charge in [0.25, 0.3) is 0 Å². The Morgan fingerprint density at radius 3 is 1.93 bits per heavy atom. The molecule has 0 radical (unpaired) electrons. The maximum Gasteiger partial charge on any atom is 0.311 e. The van der Waals surface area contributed by atoms with Crippen LogP contribution in [0.4, 0.5) is 0 Å². The van der Waals surface area contributed by atoms with Gasteiger partial charge in [0.05, 0.1) is 12.0 Å². The van der Waals surface area contributed by atoms with Gasteiger partial charge in [-0.05, 0) is 31.1 Å². The molecule has 0 aliphatic heterocycles. The summed E-state index contributed by atoms with van der Waals surface area (Å²) < 4.78 is 0. The maximum absolute atomic E-state index is 11.0. The van der Waals surface area contributed by atoms with Crippen molar-refractivity contribution in [1.29, 1.82) is 0 Å². The average Bonchev–Trinajstić information content (AvgIpc) is 1.99. The van der Waals surface area contributed by atoms with Crippen molar-refractivity contribution in [2.45, 2.75) is 47.5 Å². The van der Waals surface area contributed by atoms with Gasteiger partial charge < -0.3 is 10.2 Å². The number of carboxylic acids is 1. The van der Waals surface area contributed by atoms with Crippen molar-refractivity contribution in [1.82, 2.24) is 0 Å². The number of carboxylic acid groups (broad SMARTS) is 1. The van der Waals surface area contributed by atoms with Crippen LogP contribution in [0, 0.1) is 16.7 Å². The molecule has 2 atom stereocenters. The van der Waals surface area contributed by atoms with E-state index in [0.717, 1.165) is 6.42 Å². The van der Waals surface area contributed by atoms with Crippen molar-refractivity contribution in [2.24, 2.45) is 16.7 Å². The molecule has 0 aromatic carbocycles. The molecule has 90 valence electrons. The maximum atomic E-state index is 11.0. The van der Waals surface area contributed by atoms with Crippen LogP contribution in [0.3, 0.4) is 0 Å². The van der Waals surface area contributed by atoms with Gasteiger partial charge in [0.2, 0.25) is 0 Å². The van der Waals surface area contributed by atoms with Gasteiger partial charge in [-0.15, -0.1) is 0 Å². The molecule has 0 amide bonds. The third kappa shape index (κ3) is 5.17.